The minimum Gasteiger partial charge on any atom is -0.452 e. The van der Waals surface area contributed by atoms with Crippen molar-refractivity contribution < 1.29 is 4.42 Å². The lowest BCUT2D eigenvalue weighted by atomic mass is 10.1. The van der Waals surface area contributed by atoms with Crippen molar-refractivity contribution >= 4 is 43.6 Å². The average molecular weight is 403 g/mol. The van der Waals surface area contributed by atoms with Crippen LogP contribution < -0.4 is 0 Å². The van der Waals surface area contributed by atoms with Crippen molar-refractivity contribution in [3.63, 3.8) is 0 Å². The molecule has 2 aromatic heterocycles. The highest BCUT2D eigenvalue weighted by Gasteiger charge is 2.18. The number of nitrogens with zero attached hydrogens (tertiary/aromatic N) is 2. The zero-order chi connectivity index (χ0) is 18.1. The van der Waals surface area contributed by atoms with E-state index in [1.807, 2.05) is 54.6 Å². The van der Waals surface area contributed by atoms with Crippen LogP contribution in [0.5, 0.6) is 0 Å². The third-order valence-electron chi connectivity index (χ3n) is 4.10. The summed E-state index contributed by atoms with van der Waals surface area (Å²) >= 11 is 3.53. The molecule has 0 unspecified atom stereocenters. The number of benzene rings is 2. The number of hydrogen-bond acceptors (Lipinski definition) is 3. The Labute approximate surface area is 159 Å². The van der Waals surface area contributed by atoms with E-state index in [1.54, 1.807) is 12.2 Å². The Balaban J connectivity index is 2.13. The summed E-state index contributed by atoms with van der Waals surface area (Å²) in [4.78, 5) is 9.54. The van der Waals surface area contributed by atoms with E-state index < -0.39 is 0 Å². The van der Waals surface area contributed by atoms with Crippen LogP contribution in [-0.2, 0) is 0 Å². The third kappa shape index (κ3) is 2.78. The number of fused-ring (bicyclic) bond motifs is 3. The van der Waals surface area contributed by atoms with E-state index in [4.69, 9.17) is 14.4 Å². The second kappa shape index (κ2) is 6.73. The van der Waals surface area contributed by atoms with E-state index >= 15 is 0 Å². The number of halogens is 1. The van der Waals surface area contributed by atoms with Crippen molar-refractivity contribution in [2.75, 3.05) is 0 Å². The van der Waals surface area contributed by atoms with Gasteiger partial charge >= 0.3 is 0 Å². The fourth-order valence-corrected chi connectivity index (χ4v) is 3.26. The molecule has 0 N–H and O–H groups in total. The van der Waals surface area contributed by atoms with Crippen LogP contribution in [0.15, 0.2) is 88.8 Å². The van der Waals surface area contributed by atoms with Gasteiger partial charge in [-0.3, -0.25) is 0 Å². The van der Waals surface area contributed by atoms with E-state index in [9.17, 15) is 0 Å². The van der Waals surface area contributed by atoms with Crippen LogP contribution in [0.25, 0.3) is 38.9 Å². The van der Waals surface area contributed by atoms with Gasteiger partial charge in [-0.05, 0) is 18.2 Å². The molecule has 0 fully saturated rings. The monoisotopic (exact) mass is 402 g/mol. The Morgan fingerprint density at radius 1 is 1.04 bits per heavy atom. The maximum atomic E-state index is 6.11. The van der Waals surface area contributed by atoms with E-state index in [0.717, 1.165) is 37.8 Å². The minimum atomic E-state index is 0.592. The van der Waals surface area contributed by atoms with Gasteiger partial charge in [-0.1, -0.05) is 77.6 Å². The topological polar surface area (TPSA) is 38.9 Å². The molecule has 2 aromatic carbocycles. The van der Waals surface area contributed by atoms with Crippen molar-refractivity contribution in [1.29, 1.82) is 0 Å². The average Bonchev–Trinajstić information content (AvgIpc) is 3.04. The van der Waals surface area contributed by atoms with Gasteiger partial charge in [0, 0.05) is 21.0 Å². The highest BCUT2D eigenvalue weighted by molar-refractivity contribution is 9.10. The zero-order valence-corrected chi connectivity index (χ0v) is 15.5. The smallest absolute Gasteiger partial charge is 0.180 e. The number of allylic oxidation sites excluding steroid dienone is 4. The molecule has 0 aliphatic rings. The molecule has 0 atom stereocenters. The summed E-state index contributed by atoms with van der Waals surface area (Å²) in [5.41, 5.74) is 4.77. The van der Waals surface area contributed by atoms with Crippen LogP contribution in [0.3, 0.4) is 0 Å². The van der Waals surface area contributed by atoms with Gasteiger partial charge in [0.25, 0.3) is 0 Å². The molecule has 0 saturated carbocycles. The van der Waals surface area contributed by atoms with Gasteiger partial charge in [0.05, 0.1) is 0 Å². The predicted molar refractivity (Wildman–Crippen MR) is 111 cm³/mol. The highest BCUT2D eigenvalue weighted by atomic mass is 79.9. The van der Waals surface area contributed by atoms with Crippen LogP contribution in [0.4, 0.5) is 0 Å². The van der Waals surface area contributed by atoms with Crippen molar-refractivity contribution in [3.05, 3.63) is 90.2 Å². The van der Waals surface area contributed by atoms with E-state index in [0.29, 0.717) is 11.4 Å². The first kappa shape index (κ1) is 16.5. The van der Waals surface area contributed by atoms with Crippen LogP contribution in [0, 0.1) is 0 Å². The molecule has 4 heteroatoms. The van der Waals surface area contributed by atoms with Crippen molar-refractivity contribution in [1.82, 2.24) is 9.97 Å². The van der Waals surface area contributed by atoms with Crippen LogP contribution >= 0.6 is 15.9 Å². The first-order valence-corrected chi connectivity index (χ1v) is 8.91. The quantitative estimate of drug-likeness (QED) is 0.362. The van der Waals surface area contributed by atoms with Crippen molar-refractivity contribution in [2.45, 2.75) is 0 Å². The SMILES string of the molecule is C=C/C=C(\C=C)c1nc(-c2ccccc2)c2oc3ccc(Br)cc3c2n1. The summed E-state index contributed by atoms with van der Waals surface area (Å²) in [6, 6.07) is 15.9. The molecule has 0 aliphatic carbocycles. The summed E-state index contributed by atoms with van der Waals surface area (Å²) in [7, 11) is 0. The number of aromatic nitrogens is 2. The Morgan fingerprint density at radius 3 is 2.58 bits per heavy atom. The van der Waals surface area contributed by atoms with Crippen molar-refractivity contribution in [2.24, 2.45) is 0 Å². The van der Waals surface area contributed by atoms with E-state index in [-0.39, 0.29) is 0 Å². The Hall–Kier alpha value is -2.98. The first-order valence-electron chi connectivity index (χ1n) is 8.12. The van der Waals surface area contributed by atoms with Crippen LogP contribution in [-0.4, -0.2) is 9.97 Å². The Kier molecular flexibility index (Phi) is 4.27. The highest BCUT2D eigenvalue weighted by Crippen LogP contribution is 2.35. The summed E-state index contributed by atoms with van der Waals surface area (Å²) < 4.78 is 7.08. The maximum absolute atomic E-state index is 6.11. The number of rotatable bonds is 4. The molecular formula is C22H15BrN2O. The molecule has 0 bridgehead atoms. The number of furan rings is 1. The molecule has 26 heavy (non-hydrogen) atoms. The van der Waals surface area contributed by atoms with Gasteiger partial charge in [0.2, 0.25) is 0 Å². The van der Waals surface area contributed by atoms with Gasteiger partial charge in [-0.25, -0.2) is 9.97 Å². The molecule has 2 heterocycles. The van der Waals surface area contributed by atoms with Gasteiger partial charge in [0.15, 0.2) is 11.4 Å². The fraction of sp³-hybridized carbons (Fsp3) is 0. The predicted octanol–water partition coefficient (Wildman–Crippen LogP) is 6.56. The summed E-state index contributed by atoms with van der Waals surface area (Å²) in [6.07, 6.45) is 5.29. The van der Waals surface area contributed by atoms with Crippen LogP contribution in [0.1, 0.15) is 5.82 Å². The molecule has 126 valence electrons. The summed E-state index contributed by atoms with van der Waals surface area (Å²) in [5.74, 6) is 0.592. The largest absolute Gasteiger partial charge is 0.452 e. The van der Waals surface area contributed by atoms with Gasteiger partial charge in [-0.2, -0.15) is 0 Å². The molecule has 0 amide bonds. The second-order valence-corrected chi connectivity index (χ2v) is 6.66. The number of hydrogen-bond donors (Lipinski definition) is 0. The first-order chi connectivity index (χ1) is 12.7. The van der Waals surface area contributed by atoms with Gasteiger partial charge in [0.1, 0.15) is 16.8 Å². The van der Waals surface area contributed by atoms with E-state index in [2.05, 4.69) is 29.1 Å². The zero-order valence-electron chi connectivity index (χ0n) is 13.9. The normalized spacial score (nSPS) is 11.8. The Bertz CT molecular complexity index is 1170. The third-order valence-corrected chi connectivity index (χ3v) is 4.59. The minimum absolute atomic E-state index is 0.592. The maximum Gasteiger partial charge on any atom is 0.180 e. The summed E-state index contributed by atoms with van der Waals surface area (Å²) in [5, 5.41) is 0.942. The van der Waals surface area contributed by atoms with Gasteiger partial charge < -0.3 is 4.42 Å². The second-order valence-electron chi connectivity index (χ2n) is 5.74. The molecule has 0 radical (unpaired) electrons. The lowest BCUT2D eigenvalue weighted by Gasteiger charge is -2.06. The van der Waals surface area contributed by atoms with E-state index in [1.165, 1.54) is 0 Å². The standard InChI is InChI=1S/C22H15BrN2O/c1-3-8-14(4-2)22-24-19(15-9-6-5-7-10-15)21-20(25-22)17-13-16(23)11-12-18(17)26-21/h3-13H,1-2H2/b14-8+. The molecule has 0 saturated heterocycles. The Morgan fingerprint density at radius 2 is 1.85 bits per heavy atom. The summed E-state index contributed by atoms with van der Waals surface area (Å²) in [6.45, 7) is 7.64. The van der Waals surface area contributed by atoms with Crippen molar-refractivity contribution in [3.8, 4) is 11.3 Å². The van der Waals surface area contributed by atoms with Crippen LogP contribution in [0.2, 0.25) is 0 Å². The molecule has 4 rings (SSSR count). The molecule has 0 spiro atoms. The molecule has 0 aliphatic heterocycles. The lowest BCUT2D eigenvalue weighted by molar-refractivity contribution is 0.667. The molecule has 3 nitrogen and oxygen atoms in total. The lowest BCUT2D eigenvalue weighted by Crippen LogP contribution is -1.96. The molecular weight excluding hydrogens is 388 g/mol. The van der Waals surface area contributed by atoms with Gasteiger partial charge in [-0.15, -0.1) is 0 Å². The molecule has 4 aromatic rings. The fourth-order valence-electron chi connectivity index (χ4n) is 2.90.